The van der Waals surface area contributed by atoms with Crippen molar-refractivity contribution < 1.29 is 20.1 Å². The van der Waals surface area contributed by atoms with Crippen molar-refractivity contribution in [2.75, 3.05) is 0 Å². The molecule has 0 aromatic carbocycles. The van der Waals surface area contributed by atoms with Crippen LogP contribution in [0.1, 0.15) is 59.3 Å². The minimum atomic E-state index is -0.725. The predicted molar refractivity (Wildman–Crippen MR) is 105 cm³/mol. The zero-order valence-electron chi connectivity index (χ0n) is 16.8. The molecule has 0 aromatic rings. The van der Waals surface area contributed by atoms with E-state index in [-0.39, 0.29) is 17.9 Å². The summed E-state index contributed by atoms with van der Waals surface area (Å²) in [4.78, 5) is 13.9. The van der Waals surface area contributed by atoms with E-state index >= 15 is 0 Å². The highest BCUT2D eigenvalue weighted by molar-refractivity contribution is 5.73. The van der Waals surface area contributed by atoms with E-state index in [0.29, 0.717) is 24.8 Å². The summed E-state index contributed by atoms with van der Waals surface area (Å²) in [5, 5.41) is 30.7. The zero-order valence-corrected chi connectivity index (χ0v) is 16.8. The van der Waals surface area contributed by atoms with E-state index in [9.17, 15) is 20.1 Å². The molecule has 0 bridgehead atoms. The molecule has 5 nitrogen and oxygen atoms in total. The van der Waals surface area contributed by atoms with E-state index in [1.54, 1.807) is 0 Å². The van der Waals surface area contributed by atoms with Crippen molar-refractivity contribution in [2.45, 2.75) is 89.6 Å². The van der Waals surface area contributed by atoms with Gasteiger partial charge < -0.3 is 15.3 Å². The van der Waals surface area contributed by atoms with Gasteiger partial charge in [-0.05, 0) is 64.2 Å². The van der Waals surface area contributed by atoms with Gasteiger partial charge in [0, 0.05) is 18.0 Å². The third-order valence-corrected chi connectivity index (χ3v) is 6.94. The van der Waals surface area contributed by atoms with E-state index in [2.05, 4.69) is 24.8 Å². The van der Waals surface area contributed by atoms with Crippen LogP contribution in [0, 0.1) is 17.8 Å². The van der Waals surface area contributed by atoms with Gasteiger partial charge in [0.05, 0.1) is 12.2 Å². The van der Waals surface area contributed by atoms with Crippen LogP contribution in [0.25, 0.3) is 0 Å². The van der Waals surface area contributed by atoms with Crippen molar-refractivity contribution >= 4 is 5.97 Å². The summed E-state index contributed by atoms with van der Waals surface area (Å²) in [6.45, 7) is 6.15. The van der Waals surface area contributed by atoms with Gasteiger partial charge in [0.1, 0.15) is 6.04 Å². The monoisotopic (exact) mass is 377 g/mol. The molecule has 152 valence electrons. The minimum absolute atomic E-state index is 0.0142. The molecule has 2 saturated heterocycles. The van der Waals surface area contributed by atoms with Crippen molar-refractivity contribution in [1.82, 2.24) is 4.90 Å². The molecule has 4 unspecified atom stereocenters. The Balaban J connectivity index is 1.68. The fourth-order valence-electron chi connectivity index (χ4n) is 5.45. The molecule has 2 aliphatic heterocycles. The molecule has 2 heterocycles. The fourth-order valence-corrected chi connectivity index (χ4v) is 5.45. The van der Waals surface area contributed by atoms with E-state index in [0.717, 1.165) is 25.7 Å². The van der Waals surface area contributed by atoms with Crippen LogP contribution in [-0.2, 0) is 4.79 Å². The number of aliphatic hydroxyl groups is 2. The number of carboxylic acid groups (broad SMARTS) is 1. The van der Waals surface area contributed by atoms with Gasteiger partial charge in [-0.2, -0.15) is 0 Å². The number of hydrogen-bond donors (Lipinski definition) is 3. The van der Waals surface area contributed by atoms with Gasteiger partial charge in [-0.25, -0.2) is 0 Å². The Morgan fingerprint density at radius 1 is 1.26 bits per heavy atom. The van der Waals surface area contributed by atoms with Gasteiger partial charge >= 0.3 is 5.97 Å². The maximum atomic E-state index is 11.7. The molecule has 3 fully saturated rings. The molecule has 0 amide bonds. The molecule has 3 aliphatic rings. The smallest absolute Gasteiger partial charge is 0.320 e. The van der Waals surface area contributed by atoms with Crippen LogP contribution in [0.3, 0.4) is 0 Å². The summed E-state index contributed by atoms with van der Waals surface area (Å²) in [6.07, 6.45) is 10.2. The number of rotatable bonds is 6. The molecule has 0 spiro atoms. The van der Waals surface area contributed by atoms with Gasteiger partial charge in [-0.15, -0.1) is 0 Å². The second kappa shape index (κ2) is 8.46. The highest BCUT2D eigenvalue weighted by Gasteiger charge is 2.54. The van der Waals surface area contributed by atoms with Crippen molar-refractivity contribution in [3.05, 3.63) is 23.8 Å². The molecule has 3 rings (SSSR count). The average Bonchev–Trinajstić information content (AvgIpc) is 3.11. The first-order chi connectivity index (χ1) is 12.8. The third kappa shape index (κ3) is 4.30. The Bertz CT molecular complexity index is 597. The molecular formula is C22H35NO4. The van der Waals surface area contributed by atoms with Gasteiger partial charge in [0.25, 0.3) is 0 Å². The highest BCUT2D eigenvalue weighted by atomic mass is 16.4. The van der Waals surface area contributed by atoms with Crippen molar-refractivity contribution in [1.29, 1.82) is 0 Å². The summed E-state index contributed by atoms with van der Waals surface area (Å²) in [5.41, 5.74) is 1.25. The number of fused-ring (bicyclic) bond motifs is 3. The topological polar surface area (TPSA) is 81.0 Å². The molecule has 8 atom stereocenters. The van der Waals surface area contributed by atoms with Crippen LogP contribution in [0.2, 0.25) is 0 Å². The zero-order chi connectivity index (χ0) is 19.7. The maximum Gasteiger partial charge on any atom is 0.320 e. The van der Waals surface area contributed by atoms with Crippen molar-refractivity contribution in [3.8, 4) is 0 Å². The van der Waals surface area contributed by atoms with Gasteiger partial charge in [-0.1, -0.05) is 30.7 Å². The summed E-state index contributed by atoms with van der Waals surface area (Å²) in [6, 6.07) is 0.0874. The average molecular weight is 378 g/mol. The number of carbonyl (C=O) groups is 1. The molecule has 0 aromatic heterocycles. The van der Waals surface area contributed by atoms with Gasteiger partial charge in [-0.3, -0.25) is 9.69 Å². The second-order valence-electron chi connectivity index (χ2n) is 9.10. The molecule has 3 N–H and O–H groups in total. The molecular weight excluding hydrogens is 342 g/mol. The summed E-state index contributed by atoms with van der Waals surface area (Å²) in [5.74, 6) is -0.282. The lowest BCUT2D eigenvalue weighted by molar-refractivity contribution is -0.146. The summed E-state index contributed by atoms with van der Waals surface area (Å²) in [7, 11) is 0. The molecule has 0 radical (unpaired) electrons. The minimum Gasteiger partial charge on any atom is -0.480 e. The normalized spacial score (nSPS) is 38.4. The largest absolute Gasteiger partial charge is 0.480 e. The second-order valence-corrected chi connectivity index (χ2v) is 9.10. The van der Waals surface area contributed by atoms with Crippen LogP contribution in [0.4, 0.5) is 0 Å². The Hall–Kier alpha value is -1.17. The van der Waals surface area contributed by atoms with Gasteiger partial charge in [0.15, 0.2) is 0 Å². The first-order valence-electron chi connectivity index (χ1n) is 10.5. The van der Waals surface area contributed by atoms with Crippen LogP contribution >= 0.6 is 0 Å². The lowest BCUT2D eigenvalue weighted by atomic mass is 9.88. The number of aliphatic hydroxyl groups excluding tert-OH is 2. The molecule has 5 heteroatoms. The Morgan fingerprint density at radius 3 is 2.67 bits per heavy atom. The number of nitrogens with zero attached hydrogens (tertiary/aromatic N) is 1. The first-order valence-corrected chi connectivity index (χ1v) is 10.5. The van der Waals surface area contributed by atoms with Crippen LogP contribution in [-0.4, -0.2) is 56.5 Å². The SMILES string of the molecule is CC(C)=CCC(C)[C@H](O)/C=C/[C@H]1[C@H](O)CC2[C@@H]1CC1CCCC(C(=O)O)N12. The molecule has 1 saturated carbocycles. The lowest BCUT2D eigenvalue weighted by Gasteiger charge is -2.38. The number of piperidine rings is 1. The van der Waals surface area contributed by atoms with Crippen LogP contribution < -0.4 is 0 Å². The van der Waals surface area contributed by atoms with Crippen LogP contribution in [0.5, 0.6) is 0 Å². The van der Waals surface area contributed by atoms with Crippen molar-refractivity contribution in [3.63, 3.8) is 0 Å². The van der Waals surface area contributed by atoms with E-state index in [1.807, 2.05) is 19.1 Å². The molecule has 1 aliphatic carbocycles. The predicted octanol–water partition coefficient (Wildman–Crippen LogP) is 2.97. The Kier molecular flexibility index (Phi) is 6.44. The van der Waals surface area contributed by atoms with E-state index in [1.165, 1.54) is 5.57 Å². The quantitative estimate of drug-likeness (QED) is 0.620. The number of aliphatic carboxylic acids is 1. The number of allylic oxidation sites excluding steroid dienone is 2. The van der Waals surface area contributed by atoms with E-state index < -0.39 is 24.2 Å². The number of carboxylic acids is 1. The summed E-state index contributed by atoms with van der Waals surface area (Å²) >= 11 is 0. The van der Waals surface area contributed by atoms with E-state index in [4.69, 9.17) is 0 Å². The standard InChI is InChI=1S/C22H35NO4/c1-13(2)7-8-14(3)20(24)10-9-16-17-11-15-5-4-6-18(22(26)27)23(15)19(17)12-21(16)25/h7,9-10,14-21,24-25H,4-6,8,11-12H2,1-3H3,(H,26,27)/b10-9+/t14?,15?,16-,17-,18?,19?,20-,21-/m1/s1. The fraction of sp³-hybridized carbons (Fsp3) is 0.773. The van der Waals surface area contributed by atoms with Crippen LogP contribution in [0.15, 0.2) is 23.8 Å². The number of hydrogen-bond acceptors (Lipinski definition) is 4. The maximum absolute atomic E-state index is 11.7. The highest BCUT2D eigenvalue weighted by Crippen LogP contribution is 2.49. The lowest BCUT2D eigenvalue weighted by Crippen LogP contribution is -2.51. The summed E-state index contributed by atoms with van der Waals surface area (Å²) < 4.78 is 0. The first kappa shape index (κ1) is 20.6. The van der Waals surface area contributed by atoms with Crippen molar-refractivity contribution in [2.24, 2.45) is 17.8 Å². The molecule has 27 heavy (non-hydrogen) atoms. The third-order valence-electron chi connectivity index (χ3n) is 6.94. The van der Waals surface area contributed by atoms with Gasteiger partial charge in [0.2, 0.25) is 0 Å². The Morgan fingerprint density at radius 2 is 2.00 bits per heavy atom. The Labute approximate surface area is 162 Å².